The van der Waals surface area contributed by atoms with Gasteiger partial charge in [0.05, 0.1) is 22.0 Å². The zero-order valence-corrected chi connectivity index (χ0v) is 18.6. The van der Waals surface area contributed by atoms with Crippen LogP contribution in [0.3, 0.4) is 0 Å². The third-order valence-electron chi connectivity index (χ3n) is 4.47. The number of fused-ring (bicyclic) bond motifs is 1. The standard InChI is InChI=1S/C15H16Cl3N3O5S2/c1-14(2)10(13(24)26-6-15(16,17)18)21-11(23)9(12(21)28(14)25)20-7(22)5-8-19-3-4-27-8/h3-4,9-10,12H,5-6H2,1-2H3,(H,20,22)/t9-,10+,12-,28+/m1/s1. The molecule has 2 aliphatic rings. The Morgan fingerprint density at radius 1 is 1.43 bits per heavy atom. The highest BCUT2D eigenvalue weighted by molar-refractivity contribution is 7.87. The van der Waals surface area contributed by atoms with Crippen molar-refractivity contribution in [3.8, 4) is 0 Å². The van der Waals surface area contributed by atoms with Gasteiger partial charge < -0.3 is 15.0 Å². The van der Waals surface area contributed by atoms with Crippen LogP contribution in [0.25, 0.3) is 0 Å². The molecule has 0 unspecified atom stereocenters. The molecule has 3 heterocycles. The van der Waals surface area contributed by atoms with Crippen LogP contribution in [0.15, 0.2) is 11.6 Å². The molecule has 3 rings (SSSR count). The van der Waals surface area contributed by atoms with E-state index in [1.165, 1.54) is 16.2 Å². The molecule has 8 nitrogen and oxygen atoms in total. The number of esters is 1. The van der Waals surface area contributed by atoms with E-state index in [9.17, 15) is 18.6 Å². The molecule has 0 spiro atoms. The first kappa shape index (κ1) is 21.8. The minimum Gasteiger partial charge on any atom is -0.460 e. The second-order valence-corrected chi connectivity index (χ2v) is 12.4. The van der Waals surface area contributed by atoms with E-state index in [-0.39, 0.29) is 6.42 Å². The van der Waals surface area contributed by atoms with Crippen LogP contribution in [0.5, 0.6) is 0 Å². The van der Waals surface area contributed by atoms with Gasteiger partial charge in [0.2, 0.25) is 15.6 Å². The van der Waals surface area contributed by atoms with Crippen LogP contribution < -0.4 is 5.32 Å². The Morgan fingerprint density at radius 2 is 2.11 bits per heavy atom. The summed E-state index contributed by atoms with van der Waals surface area (Å²) in [6.07, 6.45) is 1.59. The number of thiazole rings is 1. The van der Waals surface area contributed by atoms with Gasteiger partial charge in [-0.3, -0.25) is 13.8 Å². The van der Waals surface area contributed by atoms with E-state index in [2.05, 4.69) is 10.3 Å². The Labute approximate surface area is 182 Å². The van der Waals surface area contributed by atoms with Gasteiger partial charge in [-0.15, -0.1) is 11.3 Å². The van der Waals surface area contributed by atoms with Crippen LogP contribution >= 0.6 is 46.1 Å². The fourth-order valence-corrected chi connectivity index (χ4v) is 5.90. The van der Waals surface area contributed by atoms with Crippen molar-refractivity contribution in [2.45, 2.75) is 46.3 Å². The number of nitrogens with zero attached hydrogens (tertiary/aromatic N) is 2. The molecule has 13 heteroatoms. The van der Waals surface area contributed by atoms with Crippen molar-refractivity contribution >= 4 is 74.7 Å². The molecule has 2 fully saturated rings. The second-order valence-electron chi connectivity index (χ2n) is 6.81. The predicted molar refractivity (Wildman–Crippen MR) is 106 cm³/mol. The summed E-state index contributed by atoms with van der Waals surface area (Å²) in [5, 5.41) is 4.10. The minimum atomic E-state index is -1.80. The zero-order valence-electron chi connectivity index (χ0n) is 14.7. The van der Waals surface area contributed by atoms with Crippen molar-refractivity contribution in [1.82, 2.24) is 15.2 Å². The van der Waals surface area contributed by atoms with Gasteiger partial charge in [0.25, 0.3) is 0 Å². The van der Waals surface area contributed by atoms with Crippen LogP contribution in [0.2, 0.25) is 0 Å². The van der Waals surface area contributed by atoms with Gasteiger partial charge in [-0.05, 0) is 13.8 Å². The largest absolute Gasteiger partial charge is 0.460 e. The summed E-state index contributed by atoms with van der Waals surface area (Å²) in [6.45, 7) is 2.67. The van der Waals surface area contributed by atoms with E-state index in [1.54, 1.807) is 25.4 Å². The third-order valence-corrected chi connectivity index (χ3v) is 7.77. The van der Waals surface area contributed by atoms with E-state index in [4.69, 9.17) is 39.5 Å². The summed E-state index contributed by atoms with van der Waals surface area (Å²) in [7, 11) is -1.62. The first-order chi connectivity index (χ1) is 12.9. The normalized spacial score (nSPS) is 28.5. The molecule has 28 heavy (non-hydrogen) atoms. The highest BCUT2D eigenvalue weighted by Crippen LogP contribution is 2.44. The Morgan fingerprint density at radius 3 is 2.68 bits per heavy atom. The lowest BCUT2D eigenvalue weighted by molar-refractivity contribution is -0.164. The van der Waals surface area contributed by atoms with Crippen molar-refractivity contribution in [2.75, 3.05) is 6.61 Å². The number of hydrogen-bond acceptors (Lipinski definition) is 7. The zero-order chi connectivity index (χ0) is 20.9. The van der Waals surface area contributed by atoms with Gasteiger partial charge >= 0.3 is 5.97 Å². The molecule has 2 saturated heterocycles. The monoisotopic (exact) mass is 487 g/mol. The molecular weight excluding hydrogens is 473 g/mol. The molecule has 2 amide bonds. The van der Waals surface area contributed by atoms with Gasteiger partial charge in [-0.2, -0.15) is 0 Å². The summed E-state index contributed by atoms with van der Waals surface area (Å²) in [5.74, 6) is -1.73. The van der Waals surface area contributed by atoms with Crippen molar-refractivity contribution in [3.63, 3.8) is 0 Å². The molecule has 4 atom stereocenters. The van der Waals surface area contributed by atoms with Gasteiger partial charge in [0.15, 0.2) is 0 Å². The van der Waals surface area contributed by atoms with Crippen LogP contribution in [0, 0.1) is 0 Å². The number of ether oxygens (including phenoxy) is 1. The number of halogens is 3. The van der Waals surface area contributed by atoms with E-state index in [0.717, 1.165) is 0 Å². The van der Waals surface area contributed by atoms with Crippen LogP contribution in [-0.2, 0) is 36.3 Å². The average molecular weight is 489 g/mol. The van der Waals surface area contributed by atoms with Crippen molar-refractivity contribution < 1.29 is 23.3 Å². The second kappa shape index (κ2) is 7.71. The molecule has 2 aliphatic heterocycles. The number of carbonyl (C=O) groups excluding carboxylic acids is 3. The first-order valence-corrected chi connectivity index (χ1v) is 11.3. The fraction of sp³-hybridized carbons (Fsp3) is 0.600. The van der Waals surface area contributed by atoms with Crippen LogP contribution in [0.1, 0.15) is 18.9 Å². The Bertz CT molecular complexity index is 827. The molecule has 154 valence electrons. The molecule has 0 aromatic carbocycles. The Balaban J connectivity index is 1.71. The molecule has 0 saturated carbocycles. The van der Waals surface area contributed by atoms with E-state index in [1.807, 2.05) is 0 Å². The molecular formula is C15H16Cl3N3O5S2. The SMILES string of the molecule is CC1(C)[C@H](C(=O)OCC(Cl)(Cl)Cl)N2C(=O)[C@@H](NC(=O)Cc3nccs3)[C@H]2[S@@]1=O. The highest BCUT2D eigenvalue weighted by atomic mass is 35.6. The maximum atomic E-state index is 12.9. The van der Waals surface area contributed by atoms with E-state index >= 15 is 0 Å². The van der Waals surface area contributed by atoms with Gasteiger partial charge in [0, 0.05) is 11.6 Å². The molecule has 1 aromatic rings. The van der Waals surface area contributed by atoms with Crippen molar-refractivity contribution in [2.24, 2.45) is 0 Å². The van der Waals surface area contributed by atoms with E-state index < -0.39 is 61.2 Å². The molecule has 1 N–H and O–H groups in total. The number of amides is 2. The highest BCUT2D eigenvalue weighted by Gasteiger charge is 2.68. The summed E-state index contributed by atoms with van der Waals surface area (Å²) >= 11 is 18.1. The van der Waals surface area contributed by atoms with E-state index in [0.29, 0.717) is 5.01 Å². The van der Waals surface area contributed by atoms with Gasteiger partial charge in [-0.25, -0.2) is 9.78 Å². The summed E-state index contributed by atoms with van der Waals surface area (Å²) < 4.78 is 15.0. The molecule has 1 aromatic heterocycles. The number of carbonyl (C=O) groups is 3. The molecule has 0 radical (unpaired) electrons. The van der Waals surface area contributed by atoms with Crippen LogP contribution in [-0.4, -0.2) is 64.5 Å². The number of hydrogen-bond donors (Lipinski definition) is 1. The maximum Gasteiger partial charge on any atom is 0.330 e. The smallest absolute Gasteiger partial charge is 0.330 e. The number of aromatic nitrogens is 1. The lowest BCUT2D eigenvalue weighted by atomic mass is 9.96. The maximum absolute atomic E-state index is 12.9. The predicted octanol–water partition coefficient (Wildman–Crippen LogP) is 1.16. The van der Waals surface area contributed by atoms with Crippen molar-refractivity contribution in [3.05, 3.63) is 16.6 Å². The quantitative estimate of drug-likeness (QED) is 0.379. The van der Waals surface area contributed by atoms with Crippen LogP contribution in [0.4, 0.5) is 0 Å². The number of alkyl halides is 3. The number of nitrogens with one attached hydrogen (secondary N) is 1. The molecule has 0 bridgehead atoms. The lowest BCUT2D eigenvalue weighted by Gasteiger charge is -2.43. The fourth-order valence-electron chi connectivity index (χ4n) is 3.21. The average Bonchev–Trinajstić information content (AvgIpc) is 3.15. The summed E-state index contributed by atoms with van der Waals surface area (Å²) in [5.41, 5.74) is 0. The van der Waals surface area contributed by atoms with Crippen molar-refractivity contribution in [1.29, 1.82) is 0 Å². The lowest BCUT2D eigenvalue weighted by Crippen LogP contribution is -2.71. The number of rotatable bonds is 5. The Hall–Kier alpha value is -0.940. The molecule has 0 aliphatic carbocycles. The summed E-state index contributed by atoms with van der Waals surface area (Å²) in [6, 6.07) is -2.08. The van der Waals surface area contributed by atoms with Gasteiger partial charge in [-0.1, -0.05) is 34.8 Å². The summed E-state index contributed by atoms with van der Waals surface area (Å²) in [4.78, 5) is 42.5. The first-order valence-electron chi connectivity index (χ1n) is 8.07. The minimum absolute atomic E-state index is 0.0128. The third kappa shape index (κ3) is 4.02. The number of β-lactam (4-membered cyclic amide) rings is 1. The Kier molecular flexibility index (Phi) is 6.00. The van der Waals surface area contributed by atoms with Gasteiger partial charge in [0.1, 0.15) is 29.1 Å². The topological polar surface area (TPSA) is 106 Å².